The molecule has 0 saturated carbocycles. The van der Waals surface area contributed by atoms with Gasteiger partial charge in [0.1, 0.15) is 0 Å². The van der Waals surface area contributed by atoms with E-state index in [2.05, 4.69) is 20.7 Å². The van der Waals surface area contributed by atoms with Crippen molar-refractivity contribution in [3.8, 4) is 0 Å². The zero-order valence-corrected chi connectivity index (χ0v) is 10.1. The third kappa shape index (κ3) is 2.57. The SMILES string of the molecule is C(=C(c1ccccc1)[C+]1N=NN=N1)c1ccccc1. The van der Waals surface area contributed by atoms with Crippen molar-refractivity contribution >= 4 is 11.6 Å². The maximum absolute atomic E-state index is 3.95. The number of hydrogen-bond donors (Lipinski definition) is 0. The monoisotopic (exact) mass is 247 g/mol. The van der Waals surface area contributed by atoms with Crippen LogP contribution in [0.25, 0.3) is 11.6 Å². The molecule has 19 heavy (non-hydrogen) atoms. The first-order valence-electron chi connectivity index (χ1n) is 5.95. The first-order chi connectivity index (χ1) is 9.43. The maximum Gasteiger partial charge on any atom is 0.314 e. The lowest BCUT2D eigenvalue weighted by atomic mass is 10.0. The van der Waals surface area contributed by atoms with E-state index < -0.39 is 0 Å². The molecule has 4 heteroatoms. The van der Waals surface area contributed by atoms with Gasteiger partial charge in [-0.25, -0.2) is 0 Å². The number of nitrogens with zero attached hydrogens (tertiary/aromatic N) is 4. The van der Waals surface area contributed by atoms with E-state index in [0.29, 0.717) is 6.17 Å². The minimum absolute atomic E-state index is 0.537. The Morgan fingerprint density at radius 2 is 1.37 bits per heavy atom. The highest BCUT2D eigenvalue weighted by Crippen LogP contribution is 2.32. The van der Waals surface area contributed by atoms with Gasteiger partial charge in [0.25, 0.3) is 0 Å². The molecule has 0 N–H and O–H groups in total. The van der Waals surface area contributed by atoms with Crippen LogP contribution in [0.4, 0.5) is 0 Å². The Labute approximate surface area is 111 Å². The molecule has 2 aromatic rings. The fraction of sp³-hybridized carbons (Fsp3) is 0. The Balaban J connectivity index is 2.04. The predicted molar refractivity (Wildman–Crippen MR) is 73.7 cm³/mol. The molecule has 1 heterocycles. The molecule has 90 valence electrons. The Morgan fingerprint density at radius 3 is 2.00 bits per heavy atom. The molecule has 0 spiro atoms. The molecule has 0 fully saturated rings. The van der Waals surface area contributed by atoms with E-state index in [-0.39, 0.29) is 0 Å². The highest BCUT2D eigenvalue weighted by atomic mass is 15.6. The largest absolute Gasteiger partial charge is 0.314 e. The number of rotatable bonds is 3. The molecule has 0 aromatic heterocycles. The van der Waals surface area contributed by atoms with Gasteiger partial charge in [-0.2, -0.15) is 0 Å². The molecule has 1 aliphatic heterocycles. The van der Waals surface area contributed by atoms with Gasteiger partial charge in [-0.3, -0.25) is 0 Å². The number of benzene rings is 2. The molecule has 0 atom stereocenters. The van der Waals surface area contributed by atoms with Gasteiger partial charge in [0, 0.05) is 17.7 Å². The first-order valence-corrected chi connectivity index (χ1v) is 5.95. The topological polar surface area (TPSA) is 49.4 Å². The summed E-state index contributed by atoms with van der Waals surface area (Å²) in [4.78, 5) is 0. The normalized spacial score (nSPS) is 14.1. The third-order valence-electron chi connectivity index (χ3n) is 2.76. The fourth-order valence-corrected chi connectivity index (χ4v) is 1.86. The van der Waals surface area contributed by atoms with Crippen LogP contribution in [0.3, 0.4) is 0 Å². The van der Waals surface area contributed by atoms with Crippen molar-refractivity contribution in [2.75, 3.05) is 0 Å². The molecule has 0 amide bonds. The fourth-order valence-electron chi connectivity index (χ4n) is 1.86. The van der Waals surface area contributed by atoms with Gasteiger partial charge < -0.3 is 0 Å². The zero-order valence-electron chi connectivity index (χ0n) is 10.1. The summed E-state index contributed by atoms with van der Waals surface area (Å²) >= 11 is 0. The molecular weight excluding hydrogens is 236 g/mol. The maximum atomic E-state index is 3.95. The summed E-state index contributed by atoms with van der Waals surface area (Å²) in [5.74, 6) is 0. The molecule has 1 aliphatic rings. The predicted octanol–water partition coefficient (Wildman–Crippen LogP) is 4.55. The van der Waals surface area contributed by atoms with Crippen LogP contribution >= 0.6 is 0 Å². The third-order valence-corrected chi connectivity index (χ3v) is 2.76. The van der Waals surface area contributed by atoms with Gasteiger partial charge in [0.15, 0.2) is 5.57 Å². The van der Waals surface area contributed by atoms with Crippen molar-refractivity contribution in [1.29, 1.82) is 0 Å². The summed E-state index contributed by atoms with van der Waals surface area (Å²) in [5, 5.41) is 15.0. The van der Waals surface area contributed by atoms with Crippen LogP contribution < -0.4 is 0 Å². The molecule has 2 aromatic carbocycles. The zero-order chi connectivity index (χ0) is 12.9. The first kappa shape index (κ1) is 11.3. The van der Waals surface area contributed by atoms with E-state index in [9.17, 15) is 0 Å². The van der Waals surface area contributed by atoms with Crippen LogP contribution in [0.15, 0.2) is 81.3 Å². The van der Waals surface area contributed by atoms with Gasteiger partial charge >= 0.3 is 6.17 Å². The van der Waals surface area contributed by atoms with Crippen molar-refractivity contribution < 1.29 is 0 Å². The van der Waals surface area contributed by atoms with Gasteiger partial charge in [0.05, 0.1) is 11.6 Å². The second-order valence-electron chi connectivity index (χ2n) is 4.04. The van der Waals surface area contributed by atoms with E-state index in [1.54, 1.807) is 0 Å². The van der Waals surface area contributed by atoms with Crippen LogP contribution in [-0.4, -0.2) is 0 Å². The van der Waals surface area contributed by atoms with Crippen molar-refractivity contribution in [3.63, 3.8) is 0 Å². The highest BCUT2D eigenvalue weighted by molar-refractivity contribution is 5.88. The van der Waals surface area contributed by atoms with E-state index in [1.807, 2.05) is 66.7 Å². The Morgan fingerprint density at radius 1 is 0.789 bits per heavy atom. The number of hydrogen-bond acceptors (Lipinski definition) is 4. The lowest BCUT2D eigenvalue weighted by molar-refractivity contribution is 1.06. The Hall–Kier alpha value is -2.75. The minimum Gasteiger partial charge on any atom is -0.0621 e. The summed E-state index contributed by atoms with van der Waals surface area (Å²) in [6, 6.07) is 20.0. The summed E-state index contributed by atoms with van der Waals surface area (Å²) in [7, 11) is 0. The molecular formula is C15H11N4+. The molecule has 3 rings (SSSR count). The summed E-state index contributed by atoms with van der Waals surface area (Å²) in [6.07, 6.45) is 2.57. The molecule has 0 saturated heterocycles. The van der Waals surface area contributed by atoms with Crippen LogP contribution in [0, 0.1) is 6.17 Å². The lowest BCUT2D eigenvalue weighted by Crippen LogP contribution is -1.92. The smallest absolute Gasteiger partial charge is 0.0621 e. The summed E-state index contributed by atoms with van der Waals surface area (Å²) in [6.45, 7) is 0. The van der Waals surface area contributed by atoms with Crippen LogP contribution in [0.5, 0.6) is 0 Å². The van der Waals surface area contributed by atoms with E-state index >= 15 is 0 Å². The van der Waals surface area contributed by atoms with Crippen LogP contribution in [-0.2, 0) is 0 Å². The molecule has 0 aliphatic carbocycles. The molecule has 0 radical (unpaired) electrons. The van der Waals surface area contributed by atoms with E-state index in [4.69, 9.17) is 0 Å². The average Bonchev–Trinajstić information content (AvgIpc) is 3.01. The second kappa shape index (κ2) is 5.27. The van der Waals surface area contributed by atoms with Crippen molar-refractivity contribution in [3.05, 3.63) is 78.0 Å². The minimum atomic E-state index is 0.537. The van der Waals surface area contributed by atoms with Crippen LogP contribution in [0.2, 0.25) is 0 Å². The van der Waals surface area contributed by atoms with Crippen molar-refractivity contribution in [1.82, 2.24) is 0 Å². The standard InChI is InChI=1S/C15H11N4/c1-3-7-12(8-4-1)11-14(15-16-18-19-17-15)13-9-5-2-6-10-13/h1-11H/q+1. The summed E-state index contributed by atoms with van der Waals surface area (Å²) in [5.41, 5.74) is 3.05. The van der Waals surface area contributed by atoms with Gasteiger partial charge in [-0.1, -0.05) is 24.3 Å². The van der Waals surface area contributed by atoms with Gasteiger partial charge in [-0.05, 0) is 44.9 Å². The van der Waals surface area contributed by atoms with Gasteiger partial charge in [0.2, 0.25) is 0 Å². The molecule has 0 unspecified atom stereocenters. The van der Waals surface area contributed by atoms with Gasteiger partial charge in [-0.15, -0.1) is 0 Å². The van der Waals surface area contributed by atoms with Crippen molar-refractivity contribution in [2.45, 2.75) is 0 Å². The molecule has 0 bridgehead atoms. The summed E-state index contributed by atoms with van der Waals surface area (Å²) < 4.78 is 0. The quantitative estimate of drug-likeness (QED) is 0.564. The Kier molecular flexibility index (Phi) is 3.14. The lowest BCUT2D eigenvalue weighted by Gasteiger charge is -1.98. The molecule has 4 nitrogen and oxygen atoms in total. The van der Waals surface area contributed by atoms with Crippen LogP contribution in [0.1, 0.15) is 11.1 Å². The second-order valence-corrected chi connectivity index (χ2v) is 4.04. The average molecular weight is 247 g/mol. The highest BCUT2D eigenvalue weighted by Gasteiger charge is 2.28. The van der Waals surface area contributed by atoms with E-state index in [1.165, 1.54) is 0 Å². The Bertz CT molecular complexity index is 618. The van der Waals surface area contributed by atoms with E-state index in [0.717, 1.165) is 16.7 Å². The van der Waals surface area contributed by atoms with Crippen molar-refractivity contribution in [2.24, 2.45) is 20.7 Å².